The van der Waals surface area contributed by atoms with Gasteiger partial charge in [0.05, 0.1) is 11.3 Å². The van der Waals surface area contributed by atoms with Crippen molar-refractivity contribution in [2.24, 2.45) is 0 Å². The summed E-state index contributed by atoms with van der Waals surface area (Å²) in [6.45, 7) is 1.42. The van der Waals surface area contributed by atoms with Gasteiger partial charge in [-0.3, -0.25) is 9.59 Å². The highest BCUT2D eigenvalue weighted by Crippen LogP contribution is 2.21. The monoisotopic (exact) mass is 416 g/mol. The molecule has 3 rings (SSSR count). The lowest BCUT2D eigenvalue weighted by molar-refractivity contribution is -0.118. The van der Waals surface area contributed by atoms with E-state index < -0.39 is 0 Å². The summed E-state index contributed by atoms with van der Waals surface area (Å²) in [5, 5.41) is 2.79. The van der Waals surface area contributed by atoms with E-state index in [4.69, 9.17) is 4.74 Å². The molecule has 0 spiro atoms. The van der Waals surface area contributed by atoms with Crippen LogP contribution in [0.4, 0.5) is 5.69 Å². The molecular formula is C20H21BrN2O3. The van der Waals surface area contributed by atoms with Crippen LogP contribution in [0.25, 0.3) is 0 Å². The van der Waals surface area contributed by atoms with Crippen molar-refractivity contribution in [1.29, 1.82) is 0 Å². The Morgan fingerprint density at radius 3 is 2.58 bits per heavy atom. The lowest BCUT2D eigenvalue weighted by Gasteiger charge is -2.27. The first-order valence-corrected chi connectivity index (χ1v) is 9.49. The number of carbonyl (C=O) groups is 2. The first-order chi connectivity index (χ1) is 12.6. The fourth-order valence-electron chi connectivity index (χ4n) is 2.94. The maximum atomic E-state index is 12.8. The van der Waals surface area contributed by atoms with Crippen LogP contribution in [0.3, 0.4) is 0 Å². The Labute approximate surface area is 161 Å². The van der Waals surface area contributed by atoms with Crippen molar-refractivity contribution in [2.45, 2.75) is 19.3 Å². The number of ether oxygens (including phenoxy) is 1. The molecule has 136 valence electrons. The molecule has 1 saturated heterocycles. The summed E-state index contributed by atoms with van der Waals surface area (Å²) in [6.07, 6.45) is 3.22. The number of para-hydroxylation sites is 1. The van der Waals surface area contributed by atoms with E-state index in [1.165, 1.54) is 0 Å². The largest absolute Gasteiger partial charge is 0.484 e. The molecule has 1 heterocycles. The van der Waals surface area contributed by atoms with Gasteiger partial charge in [0.15, 0.2) is 6.61 Å². The van der Waals surface area contributed by atoms with E-state index in [2.05, 4.69) is 21.2 Å². The Morgan fingerprint density at radius 1 is 1.04 bits per heavy atom. The Balaban J connectivity index is 1.63. The highest BCUT2D eigenvalue weighted by Gasteiger charge is 2.21. The predicted molar refractivity (Wildman–Crippen MR) is 104 cm³/mol. The lowest BCUT2D eigenvalue weighted by atomic mass is 10.1. The summed E-state index contributed by atoms with van der Waals surface area (Å²) in [5.74, 6) is 0.268. The molecule has 0 atom stereocenters. The van der Waals surface area contributed by atoms with Crippen LogP contribution >= 0.6 is 15.9 Å². The van der Waals surface area contributed by atoms with Crippen molar-refractivity contribution >= 4 is 33.4 Å². The minimum Gasteiger partial charge on any atom is -0.484 e. The second-order valence-electron chi connectivity index (χ2n) is 6.19. The van der Waals surface area contributed by atoms with Crippen LogP contribution in [0, 0.1) is 0 Å². The van der Waals surface area contributed by atoms with Gasteiger partial charge in [0.25, 0.3) is 11.8 Å². The SMILES string of the molecule is O=C(COc1cccc(Br)c1)Nc1ccccc1C(=O)N1CCCCC1. The van der Waals surface area contributed by atoms with Gasteiger partial charge in [0.1, 0.15) is 5.75 Å². The maximum absolute atomic E-state index is 12.8. The third-order valence-corrected chi connectivity index (χ3v) is 4.73. The van der Waals surface area contributed by atoms with E-state index in [0.29, 0.717) is 17.0 Å². The smallest absolute Gasteiger partial charge is 0.262 e. The molecule has 0 saturated carbocycles. The van der Waals surface area contributed by atoms with Crippen molar-refractivity contribution in [1.82, 2.24) is 4.90 Å². The normalized spacial score (nSPS) is 14.0. The molecule has 26 heavy (non-hydrogen) atoms. The average Bonchev–Trinajstić information content (AvgIpc) is 2.67. The van der Waals surface area contributed by atoms with Gasteiger partial charge in [-0.1, -0.05) is 34.1 Å². The number of anilines is 1. The van der Waals surface area contributed by atoms with Gasteiger partial charge in [-0.05, 0) is 49.6 Å². The van der Waals surface area contributed by atoms with E-state index in [-0.39, 0.29) is 18.4 Å². The van der Waals surface area contributed by atoms with Crippen LogP contribution < -0.4 is 10.1 Å². The Morgan fingerprint density at radius 2 is 1.81 bits per heavy atom. The van der Waals surface area contributed by atoms with Gasteiger partial charge in [0.2, 0.25) is 0 Å². The first-order valence-electron chi connectivity index (χ1n) is 8.70. The summed E-state index contributed by atoms with van der Waals surface area (Å²) in [7, 11) is 0. The number of likely N-dealkylation sites (tertiary alicyclic amines) is 1. The molecule has 1 aliphatic heterocycles. The molecule has 1 aliphatic rings. The number of nitrogens with zero attached hydrogens (tertiary/aromatic N) is 1. The third-order valence-electron chi connectivity index (χ3n) is 4.24. The van der Waals surface area contributed by atoms with Crippen LogP contribution in [0.15, 0.2) is 53.0 Å². The molecule has 2 aromatic carbocycles. The standard InChI is InChI=1S/C20H21BrN2O3/c21-15-7-6-8-16(13-15)26-14-19(24)22-18-10-3-2-9-17(18)20(25)23-11-4-1-5-12-23/h2-3,6-10,13H,1,4-5,11-12,14H2,(H,22,24). The lowest BCUT2D eigenvalue weighted by Crippen LogP contribution is -2.36. The van der Waals surface area contributed by atoms with Crippen LogP contribution in [0.1, 0.15) is 29.6 Å². The molecule has 1 fully saturated rings. The van der Waals surface area contributed by atoms with Gasteiger partial charge in [-0.25, -0.2) is 0 Å². The van der Waals surface area contributed by atoms with Crippen LogP contribution in [-0.4, -0.2) is 36.4 Å². The molecular weight excluding hydrogens is 396 g/mol. The van der Waals surface area contributed by atoms with Gasteiger partial charge in [0, 0.05) is 17.6 Å². The summed E-state index contributed by atoms with van der Waals surface area (Å²) in [5.41, 5.74) is 1.04. The second-order valence-corrected chi connectivity index (χ2v) is 7.11. The average molecular weight is 417 g/mol. The maximum Gasteiger partial charge on any atom is 0.262 e. The van der Waals surface area contributed by atoms with E-state index >= 15 is 0 Å². The Hall–Kier alpha value is -2.34. The molecule has 2 aromatic rings. The van der Waals surface area contributed by atoms with Gasteiger partial charge in [-0.2, -0.15) is 0 Å². The summed E-state index contributed by atoms with van der Waals surface area (Å²) < 4.78 is 6.38. The number of carbonyl (C=O) groups excluding carboxylic acids is 2. The molecule has 0 bridgehead atoms. The summed E-state index contributed by atoms with van der Waals surface area (Å²) in [4.78, 5) is 26.9. The van der Waals surface area contributed by atoms with Crippen molar-refractivity contribution in [3.63, 3.8) is 0 Å². The molecule has 5 nitrogen and oxygen atoms in total. The fourth-order valence-corrected chi connectivity index (χ4v) is 3.32. The quantitative estimate of drug-likeness (QED) is 0.797. The Kier molecular flexibility index (Phi) is 6.28. The first kappa shape index (κ1) is 18.5. The third kappa shape index (κ3) is 4.85. The number of amides is 2. The Bertz CT molecular complexity index is 788. The van der Waals surface area contributed by atoms with E-state index in [1.54, 1.807) is 30.3 Å². The fraction of sp³-hybridized carbons (Fsp3) is 0.300. The van der Waals surface area contributed by atoms with Crippen LogP contribution in [0.5, 0.6) is 5.75 Å². The number of hydrogen-bond acceptors (Lipinski definition) is 3. The zero-order valence-corrected chi connectivity index (χ0v) is 16.0. The zero-order valence-electron chi connectivity index (χ0n) is 14.4. The topological polar surface area (TPSA) is 58.6 Å². The number of rotatable bonds is 5. The summed E-state index contributed by atoms with van der Waals surface area (Å²) in [6, 6.07) is 14.4. The van der Waals surface area contributed by atoms with Crippen molar-refractivity contribution in [3.8, 4) is 5.75 Å². The van der Waals surface area contributed by atoms with Crippen LogP contribution in [0.2, 0.25) is 0 Å². The molecule has 2 amide bonds. The predicted octanol–water partition coefficient (Wildman–Crippen LogP) is 4.09. The highest BCUT2D eigenvalue weighted by molar-refractivity contribution is 9.10. The molecule has 0 aromatic heterocycles. The minimum atomic E-state index is -0.302. The van der Waals surface area contributed by atoms with Crippen molar-refractivity contribution in [2.75, 3.05) is 25.0 Å². The number of halogens is 1. The van der Waals surface area contributed by atoms with Crippen molar-refractivity contribution < 1.29 is 14.3 Å². The van der Waals surface area contributed by atoms with Gasteiger partial charge >= 0.3 is 0 Å². The zero-order chi connectivity index (χ0) is 18.4. The van der Waals surface area contributed by atoms with Gasteiger partial charge < -0.3 is 15.0 Å². The number of hydrogen-bond donors (Lipinski definition) is 1. The second kappa shape index (κ2) is 8.85. The number of piperidine rings is 1. The van der Waals surface area contributed by atoms with E-state index in [1.807, 2.05) is 23.1 Å². The van der Waals surface area contributed by atoms with Crippen molar-refractivity contribution in [3.05, 3.63) is 58.6 Å². The highest BCUT2D eigenvalue weighted by atomic mass is 79.9. The number of nitrogens with one attached hydrogen (secondary N) is 1. The molecule has 0 unspecified atom stereocenters. The van der Waals surface area contributed by atoms with Crippen LogP contribution in [-0.2, 0) is 4.79 Å². The molecule has 0 aliphatic carbocycles. The molecule has 6 heteroatoms. The minimum absolute atomic E-state index is 0.0338. The molecule has 0 radical (unpaired) electrons. The van der Waals surface area contributed by atoms with Gasteiger partial charge in [-0.15, -0.1) is 0 Å². The number of benzene rings is 2. The van der Waals surface area contributed by atoms with E-state index in [9.17, 15) is 9.59 Å². The summed E-state index contributed by atoms with van der Waals surface area (Å²) >= 11 is 3.36. The molecule has 1 N–H and O–H groups in total. The van der Waals surface area contributed by atoms with E-state index in [0.717, 1.165) is 36.8 Å².